The highest BCUT2D eigenvalue weighted by Gasteiger charge is 1.99. The van der Waals surface area contributed by atoms with Crippen molar-refractivity contribution in [1.29, 1.82) is 0 Å². The molecule has 0 heterocycles. The van der Waals surface area contributed by atoms with Crippen molar-refractivity contribution in [2.24, 2.45) is 0 Å². The summed E-state index contributed by atoms with van der Waals surface area (Å²) in [5, 5.41) is 0. The van der Waals surface area contributed by atoms with Gasteiger partial charge in [-0.2, -0.15) is 0 Å². The predicted molar refractivity (Wildman–Crippen MR) is 68.0 cm³/mol. The number of hydrogen-bond acceptors (Lipinski definition) is 0. The van der Waals surface area contributed by atoms with Crippen molar-refractivity contribution < 1.29 is 0 Å². The zero-order valence-corrected chi connectivity index (χ0v) is 10.3. The molecule has 0 fully saturated rings. The maximum Gasteiger partial charge on any atom is -0.00120 e. The Balaban J connectivity index is 2.36. The zero-order chi connectivity index (χ0) is 11.1. The monoisotopic (exact) mass is 203 g/mol. The lowest BCUT2D eigenvalue weighted by molar-refractivity contribution is 0.667. The maximum absolute atomic E-state index is 2.27. The third-order valence-corrected chi connectivity index (χ3v) is 2.85. The molecule has 0 aliphatic heterocycles. The van der Waals surface area contributed by atoms with E-state index in [4.69, 9.17) is 0 Å². The first-order valence-electron chi connectivity index (χ1n) is 6.13. The van der Waals surface area contributed by atoms with Gasteiger partial charge in [0.15, 0.2) is 0 Å². The van der Waals surface area contributed by atoms with Gasteiger partial charge in [0.1, 0.15) is 0 Å². The molecule has 0 unspecified atom stereocenters. The summed E-state index contributed by atoms with van der Waals surface area (Å²) in [6, 6.07) is 9.03. The number of benzene rings is 1. The first-order chi connectivity index (χ1) is 7.24. The molecule has 0 aliphatic rings. The van der Waals surface area contributed by atoms with E-state index >= 15 is 0 Å². The van der Waals surface area contributed by atoms with Crippen molar-refractivity contribution in [2.75, 3.05) is 0 Å². The number of rotatable bonds is 6. The fraction of sp³-hybridized carbons (Fsp3) is 0.533. The van der Waals surface area contributed by atoms with Gasteiger partial charge in [0, 0.05) is 0 Å². The van der Waals surface area contributed by atoms with E-state index in [2.05, 4.69) is 45.0 Å². The van der Waals surface area contributed by atoms with Crippen molar-refractivity contribution in [3.63, 3.8) is 0 Å². The van der Waals surface area contributed by atoms with Crippen LogP contribution in [0.1, 0.15) is 57.6 Å². The Morgan fingerprint density at radius 3 is 2.13 bits per heavy atom. The van der Waals surface area contributed by atoms with E-state index in [0.29, 0.717) is 0 Å². The highest BCUT2D eigenvalue weighted by Crippen LogP contribution is 2.15. The highest BCUT2D eigenvalue weighted by molar-refractivity contribution is 5.31. The molecule has 1 radical (unpaired) electrons. The fourth-order valence-electron chi connectivity index (χ4n) is 1.76. The van der Waals surface area contributed by atoms with Crippen molar-refractivity contribution in [1.82, 2.24) is 0 Å². The Hall–Kier alpha value is -0.780. The molecular formula is C15H23. The standard InChI is InChI=1S/C15H23/c1-4-5-6-7-8-14-9-11-15(12-10-14)13(2)3/h9-12H,4-8H2,1-3H3. The summed E-state index contributed by atoms with van der Waals surface area (Å²) >= 11 is 0. The second kappa shape index (κ2) is 6.66. The molecule has 0 N–H and O–H groups in total. The van der Waals surface area contributed by atoms with Gasteiger partial charge in [0.25, 0.3) is 0 Å². The van der Waals surface area contributed by atoms with Crippen LogP contribution in [0.3, 0.4) is 0 Å². The molecule has 83 valence electrons. The summed E-state index contributed by atoms with van der Waals surface area (Å²) in [6.07, 6.45) is 6.64. The summed E-state index contributed by atoms with van der Waals surface area (Å²) in [6.45, 7) is 6.58. The van der Waals surface area contributed by atoms with E-state index in [9.17, 15) is 0 Å². The fourth-order valence-corrected chi connectivity index (χ4v) is 1.76. The van der Waals surface area contributed by atoms with Crippen LogP contribution in [0, 0.1) is 5.92 Å². The van der Waals surface area contributed by atoms with E-state index < -0.39 is 0 Å². The van der Waals surface area contributed by atoms with E-state index in [1.54, 1.807) is 0 Å². The first kappa shape index (κ1) is 12.3. The summed E-state index contributed by atoms with van der Waals surface area (Å²) in [5.74, 6) is 1.40. The minimum absolute atomic E-state index is 1.24. The average Bonchev–Trinajstić information content (AvgIpc) is 2.25. The van der Waals surface area contributed by atoms with E-state index in [1.807, 2.05) is 0 Å². The Kier molecular flexibility index (Phi) is 5.45. The molecule has 0 saturated carbocycles. The third kappa shape index (κ3) is 4.51. The normalized spacial score (nSPS) is 10.9. The maximum atomic E-state index is 2.27. The number of aryl methyl sites for hydroxylation is 1. The summed E-state index contributed by atoms with van der Waals surface area (Å²) in [4.78, 5) is 0. The second-order valence-corrected chi connectivity index (χ2v) is 4.51. The summed E-state index contributed by atoms with van der Waals surface area (Å²) < 4.78 is 0. The van der Waals surface area contributed by atoms with Gasteiger partial charge in [-0.3, -0.25) is 0 Å². The topological polar surface area (TPSA) is 0 Å². The van der Waals surface area contributed by atoms with Gasteiger partial charge >= 0.3 is 0 Å². The van der Waals surface area contributed by atoms with Crippen LogP contribution < -0.4 is 0 Å². The summed E-state index contributed by atoms with van der Waals surface area (Å²) in [7, 11) is 0. The van der Waals surface area contributed by atoms with Gasteiger partial charge in [-0.25, -0.2) is 0 Å². The molecule has 1 rings (SSSR count). The molecule has 0 heteroatoms. The Morgan fingerprint density at radius 1 is 0.933 bits per heavy atom. The van der Waals surface area contributed by atoms with Gasteiger partial charge in [0.05, 0.1) is 0 Å². The second-order valence-electron chi connectivity index (χ2n) is 4.51. The largest absolute Gasteiger partial charge is 0.0654 e. The number of hydrogen-bond donors (Lipinski definition) is 0. The van der Waals surface area contributed by atoms with Crippen molar-refractivity contribution >= 4 is 0 Å². The molecule has 0 aliphatic carbocycles. The van der Waals surface area contributed by atoms with Gasteiger partial charge in [-0.05, 0) is 29.9 Å². The Bertz CT molecular complexity index is 256. The van der Waals surface area contributed by atoms with Crippen LogP contribution in [0.2, 0.25) is 0 Å². The molecule has 0 amide bonds. The van der Waals surface area contributed by atoms with Crippen LogP contribution in [-0.2, 0) is 6.42 Å². The zero-order valence-electron chi connectivity index (χ0n) is 10.3. The van der Waals surface area contributed by atoms with Gasteiger partial charge in [-0.15, -0.1) is 0 Å². The molecule has 0 aromatic heterocycles. The van der Waals surface area contributed by atoms with Crippen LogP contribution >= 0.6 is 0 Å². The number of unbranched alkanes of at least 4 members (excludes halogenated alkanes) is 3. The lowest BCUT2D eigenvalue weighted by Crippen LogP contribution is -1.90. The minimum atomic E-state index is 1.24. The molecule has 15 heavy (non-hydrogen) atoms. The molecule has 0 saturated heterocycles. The van der Waals surface area contributed by atoms with Crippen molar-refractivity contribution in [3.8, 4) is 0 Å². The molecule has 1 aromatic rings. The third-order valence-electron chi connectivity index (χ3n) is 2.85. The SMILES string of the molecule is CCCCCCc1ccc([C](C)C)cc1. The van der Waals surface area contributed by atoms with Crippen molar-refractivity contribution in [2.45, 2.75) is 52.9 Å². The van der Waals surface area contributed by atoms with Crippen LogP contribution in [0.4, 0.5) is 0 Å². The smallest absolute Gasteiger partial charge is 0.00120 e. The predicted octanol–water partition coefficient (Wildman–Crippen LogP) is 4.77. The lowest BCUT2D eigenvalue weighted by Gasteiger charge is -2.06. The van der Waals surface area contributed by atoms with Crippen molar-refractivity contribution in [3.05, 3.63) is 41.3 Å². The van der Waals surface area contributed by atoms with Gasteiger partial charge < -0.3 is 0 Å². The average molecular weight is 203 g/mol. The van der Waals surface area contributed by atoms with E-state index in [-0.39, 0.29) is 0 Å². The molecule has 0 atom stereocenters. The molecule has 0 nitrogen and oxygen atoms in total. The molecule has 1 aromatic carbocycles. The highest BCUT2D eigenvalue weighted by atomic mass is 14.0. The Labute approximate surface area is 94.7 Å². The quantitative estimate of drug-likeness (QED) is 0.584. The minimum Gasteiger partial charge on any atom is -0.0654 e. The van der Waals surface area contributed by atoms with E-state index in [0.717, 1.165) is 0 Å². The van der Waals surface area contributed by atoms with Crippen LogP contribution in [0.25, 0.3) is 0 Å². The van der Waals surface area contributed by atoms with E-state index in [1.165, 1.54) is 49.1 Å². The lowest BCUT2D eigenvalue weighted by atomic mass is 9.99. The van der Waals surface area contributed by atoms with Crippen LogP contribution in [0.5, 0.6) is 0 Å². The molecular weight excluding hydrogens is 180 g/mol. The van der Waals surface area contributed by atoms with Gasteiger partial charge in [0.2, 0.25) is 0 Å². The molecule has 0 bridgehead atoms. The van der Waals surface area contributed by atoms with Gasteiger partial charge in [-0.1, -0.05) is 64.3 Å². The first-order valence-corrected chi connectivity index (χ1v) is 6.13. The summed E-state index contributed by atoms with van der Waals surface area (Å²) in [5.41, 5.74) is 2.85. The van der Waals surface area contributed by atoms with Crippen LogP contribution in [-0.4, -0.2) is 0 Å². The molecule has 0 spiro atoms. The Morgan fingerprint density at radius 2 is 1.60 bits per heavy atom. The van der Waals surface area contributed by atoms with Crippen LogP contribution in [0.15, 0.2) is 24.3 Å².